The van der Waals surface area contributed by atoms with Crippen molar-refractivity contribution < 1.29 is 8.78 Å². The van der Waals surface area contributed by atoms with E-state index in [2.05, 4.69) is 14.9 Å². The average molecular weight is 284 g/mol. The van der Waals surface area contributed by atoms with Crippen LogP contribution in [0.15, 0.2) is 6.07 Å². The van der Waals surface area contributed by atoms with Gasteiger partial charge in [-0.1, -0.05) is 6.92 Å². The fraction of sp³-hybridized carbons (Fsp3) is 0.714. The summed E-state index contributed by atoms with van der Waals surface area (Å²) in [7, 11) is 0. The first-order valence-electron chi connectivity index (χ1n) is 7.09. The molecule has 2 rings (SSSR count). The number of hydrogen-bond acceptors (Lipinski definition) is 4. The molecule has 1 aliphatic heterocycles. The molecule has 2 heterocycles. The van der Waals surface area contributed by atoms with E-state index in [1.165, 1.54) is 0 Å². The zero-order valence-corrected chi connectivity index (χ0v) is 12.3. The Kier molecular flexibility index (Phi) is 4.86. The van der Waals surface area contributed by atoms with Crippen LogP contribution in [-0.4, -0.2) is 53.5 Å². The van der Waals surface area contributed by atoms with E-state index >= 15 is 0 Å². The molecule has 1 aliphatic rings. The van der Waals surface area contributed by atoms with Gasteiger partial charge in [0.15, 0.2) is 0 Å². The Bertz CT molecular complexity index is 433. The summed E-state index contributed by atoms with van der Waals surface area (Å²) in [5.41, 5.74) is 1.88. The van der Waals surface area contributed by atoms with Gasteiger partial charge in [0.2, 0.25) is 5.95 Å². The van der Waals surface area contributed by atoms with E-state index in [4.69, 9.17) is 0 Å². The summed E-state index contributed by atoms with van der Waals surface area (Å²) in [5, 5.41) is 0. The molecule has 4 nitrogen and oxygen atoms in total. The molecule has 1 aromatic rings. The number of anilines is 1. The molecule has 112 valence electrons. The maximum Gasteiger partial charge on any atom is 0.251 e. The number of halogens is 2. The molecule has 0 bridgehead atoms. The summed E-state index contributed by atoms with van der Waals surface area (Å²) in [4.78, 5) is 12.9. The standard InChI is InChI=1S/C14H22F2N4/c1-4-12-8-20(6-5-19(12)9-13(15)16)14-17-10(2)7-11(3)18-14/h7,12-13H,4-6,8-9H2,1-3H3. The van der Waals surface area contributed by atoms with E-state index in [0.717, 1.165) is 23.8 Å². The lowest BCUT2D eigenvalue weighted by molar-refractivity contribution is 0.0585. The zero-order valence-electron chi connectivity index (χ0n) is 12.3. The van der Waals surface area contributed by atoms with Crippen molar-refractivity contribution in [2.45, 2.75) is 39.7 Å². The summed E-state index contributed by atoms with van der Waals surface area (Å²) in [6.07, 6.45) is -1.42. The van der Waals surface area contributed by atoms with Crippen LogP contribution in [0.25, 0.3) is 0 Å². The predicted molar refractivity (Wildman–Crippen MR) is 75.4 cm³/mol. The number of aryl methyl sites for hydroxylation is 2. The largest absolute Gasteiger partial charge is 0.338 e. The van der Waals surface area contributed by atoms with Crippen molar-refractivity contribution in [2.75, 3.05) is 31.1 Å². The number of nitrogens with zero attached hydrogens (tertiary/aromatic N) is 4. The molecule has 20 heavy (non-hydrogen) atoms. The van der Waals surface area contributed by atoms with Crippen LogP contribution in [0.5, 0.6) is 0 Å². The third-order valence-corrected chi connectivity index (χ3v) is 3.70. The number of piperazine rings is 1. The highest BCUT2D eigenvalue weighted by molar-refractivity contribution is 5.33. The summed E-state index contributed by atoms with van der Waals surface area (Å²) in [5.74, 6) is 0.720. The first kappa shape index (κ1) is 15.1. The topological polar surface area (TPSA) is 32.3 Å². The van der Waals surface area contributed by atoms with Gasteiger partial charge in [-0.05, 0) is 26.3 Å². The summed E-state index contributed by atoms with van der Waals surface area (Å²) in [6, 6.07) is 2.08. The van der Waals surface area contributed by atoms with Crippen LogP contribution in [0.3, 0.4) is 0 Å². The molecule has 0 spiro atoms. The molecule has 0 aliphatic carbocycles. The maximum absolute atomic E-state index is 12.6. The van der Waals surface area contributed by atoms with Crippen molar-refractivity contribution in [3.05, 3.63) is 17.5 Å². The molecule has 0 amide bonds. The molecule has 1 aromatic heterocycles. The molecule has 1 saturated heterocycles. The fourth-order valence-corrected chi connectivity index (χ4v) is 2.73. The predicted octanol–water partition coefficient (Wildman–Crippen LogP) is 2.26. The highest BCUT2D eigenvalue weighted by Crippen LogP contribution is 2.19. The lowest BCUT2D eigenvalue weighted by atomic mass is 10.1. The molecule has 0 aromatic carbocycles. The van der Waals surface area contributed by atoms with Crippen LogP contribution in [0.4, 0.5) is 14.7 Å². The van der Waals surface area contributed by atoms with Crippen molar-refractivity contribution in [3.63, 3.8) is 0 Å². The molecule has 1 fully saturated rings. The molecular formula is C14H22F2N4. The Labute approximate surface area is 118 Å². The van der Waals surface area contributed by atoms with Crippen molar-refractivity contribution in [1.29, 1.82) is 0 Å². The Morgan fingerprint density at radius 2 is 1.90 bits per heavy atom. The SMILES string of the molecule is CCC1CN(c2nc(C)cc(C)n2)CCN1CC(F)F. The second-order valence-corrected chi connectivity index (χ2v) is 5.34. The van der Waals surface area contributed by atoms with Gasteiger partial charge in [0.1, 0.15) is 0 Å². The average Bonchev–Trinajstić information content (AvgIpc) is 2.37. The van der Waals surface area contributed by atoms with Crippen molar-refractivity contribution in [1.82, 2.24) is 14.9 Å². The maximum atomic E-state index is 12.6. The second-order valence-electron chi connectivity index (χ2n) is 5.34. The van der Waals surface area contributed by atoms with E-state index in [1.54, 1.807) is 0 Å². The highest BCUT2D eigenvalue weighted by Gasteiger charge is 2.28. The van der Waals surface area contributed by atoms with Gasteiger partial charge in [-0.25, -0.2) is 18.7 Å². The minimum atomic E-state index is -2.27. The van der Waals surface area contributed by atoms with Gasteiger partial charge >= 0.3 is 0 Å². The monoisotopic (exact) mass is 284 g/mol. The van der Waals surface area contributed by atoms with Gasteiger partial charge in [-0.15, -0.1) is 0 Å². The first-order valence-corrected chi connectivity index (χ1v) is 7.09. The Morgan fingerprint density at radius 1 is 1.25 bits per heavy atom. The molecule has 6 heteroatoms. The van der Waals surface area contributed by atoms with Crippen molar-refractivity contribution in [3.8, 4) is 0 Å². The summed E-state index contributed by atoms with van der Waals surface area (Å²) in [6.45, 7) is 7.84. The summed E-state index contributed by atoms with van der Waals surface area (Å²) < 4.78 is 25.1. The highest BCUT2D eigenvalue weighted by atomic mass is 19.3. The van der Waals surface area contributed by atoms with Crippen LogP contribution in [0.1, 0.15) is 24.7 Å². The quantitative estimate of drug-likeness (QED) is 0.849. The molecule has 1 unspecified atom stereocenters. The normalized spacial score (nSPS) is 20.7. The minimum absolute atomic E-state index is 0.139. The molecule has 1 atom stereocenters. The van der Waals surface area contributed by atoms with Crippen molar-refractivity contribution >= 4 is 5.95 Å². The van der Waals surface area contributed by atoms with Crippen LogP contribution in [0, 0.1) is 13.8 Å². The molecule has 0 N–H and O–H groups in total. The van der Waals surface area contributed by atoms with E-state index < -0.39 is 6.43 Å². The summed E-state index contributed by atoms with van der Waals surface area (Å²) >= 11 is 0. The van der Waals surface area contributed by atoms with Crippen LogP contribution >= 0.6 is 0 Å². The zero-order chi connectivity index (χ0) is 14.7. The van der Waals surface area contributed by atoms with Gasteiger partial charge in [0.05, 0.1) is 6.54 Å². The number of aromatic nitrogens is 2. The van der Waals surface area contributed by atoms with Crippen LogP contribution in [-0.2, 0) is 0 Å². The van der Waals surface area contributed by atoms with Gasteiger partial charge in [0.25, 0.3) is 6.43 Å². The third-order valence-electron chi connectivity index (χ3n) is 3.70. The van der Waals surface area contributed by atoms with E-state index in [0.29, 0.717) is 19.6 Å². The number of rotatable bonds is 4. The van der Waals surface area contributed by atoms with Gasteiger partial charge in [-0.2, -0.15) is 0 Å². The van der Waals surface area contributed by atoms with Crippen LogP contribution < -0.4 is 4.90 Å². The first-order chi connectivity index (χ1) is 9.49. The fourth-order valence-electron chi connectivity index (χ4n) is 2.73. The van der Waals surface area contributed by atoms with E-state index in [9.17, 15) is 8.78 Å². The Morgan fingerprint density at radius 3 is 2.45 bits per heavy atom. The molecular weight excluding hydrogens is 262 g/mol. The second kappa shape index (κ2) is 6.43. The van der Waals surface area contributed by atoms with E-state index in [1.807, 2.05) is 31.7 Å². The van der Waals surface area contributed by atoms with E-state index in [-0.39, 0.29) is 12.6 Å². The van der Waals surface area contributed by atoms with Gasteiger partial charge < -0.3 is 4.90 Å². The number of alkyl halides is 2. The van der Waals surface area contributed by atoms with Crippen molar-refractivity contribution in [2.24, 2.45) is 0 Å². The van der Waals surface area contributed by atoms with Crippen LogP contribution in [0.2, 0.25) is 0 Å². The molecule has 0 radical (unpaired) electrons. The smallest absolute Gasteiger partial charge is 0.251 e. The molecule has 0 saturated carbocycles. The van der Waals surface area contributed by atoms with Gasteiger partial charge in [0, 0.05) is 37.1 Å². The third kappa shape index (κ3) is 3.62. The lowest BCUT2D eigenvalue weighted by Crippen LogP contribution is -2.54. The Hall–Kier alpha value is -1.30. The lowest BCUT2D eigenvalue weighted by Gasteiger charge is -2.41. The van der Waals surface area contributed by atoms with Gasteiger partial charge in [-0.3, -0.25) is 4.90 Å². The Balaban J connectivity index is 2.09. The minimum Gasteiger partial charge on any atom is -0.338 e. The number of hydrogen-bond donors (Lipinski definition) is 0.